The summed E-state index contributed by atoms with van der Waals surface area (Å²) < 4.78 is 15.2. The maximum absolute atomic E-state index is 15.2. The van der Waals surface area contributed by atoms with Crippen molar-refractivity contribution in [3.05, 3.63) is 81.7 Å². The second-order valence-corrected chi connectivity index (χ2v) is 8.40. The Kier molecular flexibility index (Phi) is 5.64. The van der Waals surface area contributed by atoms with Gasteiger partial charge < -0.3 is 10.3 Å². The van der Waals surface area contributed by atoms with Gasteiger partial charge in [0.15, 0.2) is 11.6 Å². The number of aryl methyl sites for hydroxylation is 1. The summed E-state index contributed by atoms with van der Waals surface area (Å²) >= 11 is 0. The molecule has 0 bridgehead atoms. The molecule has 0 saturated heterocycles. The summed E-state index contributed by atoms with van der Waals surface area (Å²) in [6.45, 7) is 3.97. The van der Waals surface area contributed by atoms with E-state index in [-0.39, 0.29) is 11.4 Å². The summed E-state index contributed by atoms with van der Waals surface area (Å²) in [7, 11) is 1.84. The van der Waals surface area contributed by atoms with Crippen molar-refractivity contribution in [2.24, 2.45) is 0 Å². The number of aromatic amines is 1. The van der Waals surface area contributed by atoms with Crippen LogP contribution in [0.15, 0.2) is 53.6 Å². The number of nitrogens with zero attached hydrogens (tertiary/aromatic N) is 3. The van der Waals surface area contributed by atoms with E-state index < -0.39 is 0 Å². The molecule has 0 saturated carbocycles. The summed E-state index contributed by atoms with van der Waals surface area (Å²) in [6, 6.07) is 9.62. The molecular weight excluding hydrogens is 417 g/mol. The van der Waals surface area contributed by atoms with Crippen LogP contribution >= 0.6 is 0 Å². The molecule has 33 heavy (non-hydrogen) atoms. The fourth-order valence-electron chi connectivity index (χ4n) is 4.49. The van der Waals surface area contributed by atoms with Crippen LogP contribution < -0.4 is 10.9 Å². The maximum Gasteiger partial charge on any atom is 0.251 e. The Hall–Kier alpha value is -3.58. The van der Waals surface area contributed by atoms with Gasteiger partial charge in [-0.2, -0.15) is 0 Å². The van der Waals surface area contributed by atoms with Crippen molar-refractivity contribution < 1.29 is 4.39 Å². The molecule has 2 N–H and O–H groups in total. The van der Waals surface area contributed by atoms with E-state index in [0.29, 0.717) is 29.6 Å². The first-order valence-electron chi connectivity index (χ1n) is 11.2. The molecule has 4 heterocycles. The molecule has 0 spiro atoms. The summed E-state index contributed by atoms with van der Waals surface area (Å²) in [4.78, 5) is 26.0. The summed E-state index contributed by atoms with van der Waals surface area (Å²) in [5, 5.41) is 4.86. The molecule has 0 atom stereocenters. The third-order valence-electron chi connectivity index (χ3n) is 6.39. The SMILES string of the molecule is CCc1cc2ccc(CN3CC=C(c4cnc5c(NC)nccc5c4)CC3)c(F)c2[nH]c1=O. The first kappa shape index (κ1) is 21.3. The maximum atomic E-state index is 15.2. The van der Waals surface area contributed by atoms with Crippen LogP contribution in [0.5, 0.6) is 0 Å². The number of nitrogens with one attached hydrogen (secondary N) is 2. The number of H-pyrrole nitrogens is 1. The molecule has 0 amide bonds. The van der Waals surface area contributed by atoms with Gasteiger partial charge in [-0.25, -0.2) is 9.37 Å². The molecule has 0 fully saturated rings. The zero-order chi connectivity index (χ0) is 22.9. The van der Waals surface area contributed by atoms with Gasteiger partial charge in [0.05, 0.1) is 5.52 Å². The summed E-state index contributed by atoms with van der Waals surface area (Å²) in [5.41, 5.74) is 4.56. The van der Waals surface area contributed by atoms with Gasteiger partial charge in [0.2, 0.25) is 0 Å². The number of hydrogen-bond donors (Lipinski definition) is 2. The number of rotatable bonds is 5. The molecule has 0 aliphatic carbocycles. The number of halogens is 1. The van der Waals surface area contributed by atoms with Gasteiger partial charge >= 0.3 is 0 Å². The van der Waals surface area contributed by atoms with E-state index in [1.807, 2.05) is 38.4 Å². The minimum Gasteiger partial charge on any atom is -0.371 e. The van der Waals surface area contributed by atoms with Crippen molar-refractivity contribution in [2.75, 3.05) is 25.5 Å². The Morgan fingerprint density at radius 3 is 2.79 bits per heavy atom. The van der Waals surface area contributed by atoms with Gasteiger partial charge in [-0.1, -0.05) is 25.1 Å². The molecule has 0 radical (unpaired) electrons. The average molecular weight is 444 g/mol. The van der Waals surface area contributed by atoms with Crippen LogP contribution in [0.1, 0.15) is 30.0 Å². The smallest absolute Gasteiger partial charge is 0.251 e. The van der Waals surface area contributed by atoms with Gasteiger partial charge in [-0.05, 0) is 42.2 Å². The van der Waals surface area contributed by atoms with Crippen LogP contribution in [-0.4, -0.2) is 40.0 Å². The van der Waals surface area contributed by atoms with Crippen molar-refractivity contribution in [1.82, 2.24) is 19.9 Å². The first-order chi connectivity index (χ1) is 16.1. The monoisotopic (exact) mass is 443 g/mol. The largest absolute Gasteiger partial charge is 0.371 e. The lowest BCUT2D eigenvalue weighted by Crippen LogP contribution is -2.28. The lowest BCUT2D eigenvalue weighted by Gasteiger charge is -2.27. The van der Waals surface area contributed by atoms with Gasteiger partial charge in [0.1, 0.15) is 5.52 Å². The van der Waals surface area contributed by atoms with Crippen molar-refractivity contribution in [3.8, 4) is 0 Å². The standard InChI is InChI=1S/C26H26FN5O/c1-3-16-12-18-4-5-20(22(27)23(18)31-26(16)33)15-32-10-7-17(8-11-32)21-13-19-6-9-29-25(28-2)24(19)30-14-21/h4-7,9,12-14H,3,8,10-11,15H2,1-2H3,(H,28,29)(H,31,33). The molecule has 4 aromatic rings. The van der Waals surface area contributed by atoms with Gasteiger partial charge in [-0.3, -0.25) is 14.7 Å². The molecule has 168 valence electrons. The second kappa shape index (κ2) is 8.75. The van der Waals surface area contributed by atoms with E-state index in [2.05, 4.69) is 37.3 Å². The normalized spacial score (nSPS) is 14.6. The number of anilines is 1. The Morgan fingerprint density at radius 2 is 2.03 bits per heavy atom. The van der Waals surface area contributed by atoms with E-state index in [1.165, 1.54) is 5.57 Å². The van der Waals surface area contributed by atoms with Gasteiger partial charge in [0, 0.05) is 61.0 Å². The highest BCUT2D eigenvalue weighted by molar-refractivity contribution is 5.90. The van der Waals surface area contributed by atoms with Crippen LogP contribution in [-0.2, 0) is 13.0 Å². The van der Waals surface area contributed by atoms with Crippen LogP contribution in [0.3, 0.4) is 0 Å². The third-order valence-corrected chi connectivity index (χ3v) is 6.39. The molecular formula is C26H26FN5O. The highest BCUT2D eigenvalue weighted by atomic mass is 19.1. The number of fused-ring (bicyclic) bond motifs is 2. The number of benzene rings is 1. The van der Waals surface area contributed by atoms with Crippen molar-refractivity contribution in [1.29, 1.82) is 0 Å². The van der Waals surface area contributed by atoms with Gasteiger partial charge in [-0.15, -0.1) is 0 Å². The predicted octanol–water partition coefficient (Wildman–Crippen LogP) is 4.50. The highest BCUT2D eigenvalue weighted by Crippen LogP contribution is 2.28. The number of aromatic nitrogens is 3. The van der Waals surface area contributed by atoms with Crippen molar-refractivity contribution in [3.63, 3.8) is 0 Å². The van der Waals surface area contributed by atoms with Crippen LogP contribution in [0, 0.1) is 5.82 Å². The van der Waals surface area contributed by atoms with Crippen LogP contribution in [0.2, 0.25) is 0 Å². The minimum absolute atomic E-state index is 0.215. The first-order valence-corrected chi connectivity index (χ1v) is 11.2. The zero-order valence-corrected chi connectivity index (χ0v) is 18.8. The molecule has 1 aromatic carbocycles. The Labute approximate surface area is 191 Å². The molecule has 6 nitrogen and oxygen atoms in total. The Balaban J connectivity index is 1.35. The van der Waals surface area contributed by atoms with Crippen LogP contribution in [0.4, 0.5) is 10.2 Å². The van der Waals surface area contributed by atoms with E-state index in [9.17, 15) is 4.79 Å². The summed E-state index contributed by atoms with van der Waals surface area (Å²) in [5.74, 6) is 0.433. The van der Waals surface area contributed by atoms with E-state index in [1.54, 1.807) is 12.3 Å². The fourth-order valence-corrected chi connectivity index (χ4v) is 4.49. The third kappa shape index (κ3) is 4.00. The van der Waals surface area contributed by atoms with Crippen molar-refractivity contribution >= 4 is 33.2 Å². The van der Waals surface area contributed by atoms with E-state index in [0.717, 1.165) is 47.2 Å². The fraction of sp³-hybridized carbons (Fsp3) is 0.269. The number of hydrogen-bond acceptors (Lipinski definition) is 5. The topological polar surface area (TPSA) is 73.9 Å². The molecule has 7 heteroatoms. The van der Waals surface area contributed by atoms with E-state index in [4.69, 9.17) is 0 Å². The lowest BCUT2D eigenvalue weighted by molar-refractivity contribution is 0.289. The molecule has 3 aromatic heterocycles. The molecule has 1 aliphatic rings. The second-order valence-electron chi connectivity index (χ2n) is 8.40. The van der Waals surface area contributed by atoms with E-state index >= 15 is 4.39 Å². The quantitative estimate of drug-likeness (QED) is 0.475. The van der Waals surface area contributed by atoms with Crippen molar-refractivity contribution in [2.45, 2.75) is 26.3 Å². The molecule has 0 unspecified atom stereocenters. The minimum atomic E-state index is -0.338. The Morgan fingerprint density at radius 1 is 1.15 bits per heavy atom. The summed E-state index contributed by atoms with van der Waals surface area (Å²) in [6.07, 6.45) is 7.36. The van der Waals surface area contributed by atoms with Gasteiger partial charge in [0.25, 0.3) is 5.56 Å². The lowest BCUT2D eigenvalue weighted by atomic mass is 9.99. The molecule has 1 aliphatic heterocycles. The Bertz CT molecular complexity index is 1440. The average Bonchev–Trinajstić information content (AvgIpc) is 2.85. The molecule has 5 rings (SSSR count). The van der Waals surface area contributed by atoms with Crippen LogP contribution in [0.25, 0.3) is 27.4 Å². The predicted molar refractivity (Wildman–Crippen MR) is 131 cm³/mol. The number of pyridine rings is 3. The zero-order valence-electron chi connectivity index (χ0n) is 18.8. The highest BCUT2D eigenvalue weighted by Gasteiger charge is 2.17.